The van der Waals surface area contributed by atoms with Crippen molar-refractivity contribution in [1.82, 2.24) is 10.6 Å². The zero-order chi connectivity index (χ0) is 14.7. The highest BCUT2D eigenvalue weighted by atomic mass is 16.7. The normalized spacial score (nSPS) is 35.2. The van der Waals surface area contributed by atoms with Gasteiger partial charge in [-0.25, -0.2) is 0 Å². The summed E-state index contributed by atoms with van der Waals surface area (Å²) in [5.74, 6) is 0.826. The molecule has 3 rings (SSSR count). The molecule has 1 aromatic rings. The smallest absolute Gasteiger partial charge is 0.176 e. The Bertz CT molecular complexity index is 427. The first-order valence-electron chi connectivity index (χ1n) is 7.23. The Kier molecular flexibility index (Phi) is 4.89. The molecule has 118 valence electrons. The minimum absolute atomic E-state index is 0.138. The molecule has 3 heterocycles. The molecule has 0 unspecified atom stereocenters. The topological polar surface area (TPSA) is 85.1 Å². The van der Waals surface area contributed by atoms with E-state index < -0.39 is 12.4 Å². The molecule has 21 heavy (non-hydrogen) atoms. The molecule has 0 aromatic carbocycles. The number of aliphatic hydroxyl groups excluding tert-OH is 1. The lowest BCUT2D eigenvalue weighted by atomic mass is 9.96. The molecule has 0 spiro atoms. The fourth-order valence-electron chi connectivity index (χ4n) is 2.85. The van der Waals surface area contributed by atoms with E-state index in [-0.39, 0.29) is 18.2 Å². The Balaban J connectivity index is 1.59. The van der Waals surface area contributed by atoms with Crippen molar-refractivity contribution in [3.05, 3.63) is 24.2 Å². The van der Waals surface area contributed by atoms with E-state index in [1.54, 1.807) is 13.4 Å². The van der Waals surface area contributed by atoms with Crippen molar-refractivity contribution in [3.63, 3.8) is 0 Å². The van der Waals surface area contributed by atoms with Crippen LogP contribution in [-0.4, -0.2) is 62.6 Å². The van der Waals surface area contributed by atoms with E-state index in [1.165, 1.54) is 0 Å². The lowest BCUT2D eigenvalue weighted by Gasteiger charge is -2.39. The number of nitrogens with one attached hydrogen (secondary N) is 2. The summed E-state index contributed by atoms with van der Waals surface area (Å²) in [6.45, 7) is 2.24. The van der Waals surface area contributed by atoms with Gasteiger partial charge < -0.3 is 34.4 Å². The molecule has 5 atom stereocenters. The van der Waals surface area contributed by atoms with Crippen molar-refractivity contribution in [2.45, 2.75) is 37.1 Å². The molecule has 7 heteroatoms. The average molecular weight is 298 g/mol. The van der Waals surface area contributed by atoms with E-state index in [0.717, 1.165) is 5.76 Å². The van der Waals surface area contributed by atoms with Gasteiger partial charge in [0.1, 0.15) is 11.9 Å². The van der Waals surface area contributed by atoms with Gasteiger partial charge in [-0.1, -0.05) is 0 Å². The Labute approximate surface area is 123 Å². The minimum atomic E-state index is -0.594. The number of fused-ring (bicyclic) bond motifs is 2. The molecule has 2 saturated heterocycles. The standard InChI is InChI=1S/C14H22N2O5/c1-18-6-4-15-12-13(17)11(10-8-20-14(12)21-10)16-7-9-3-2-5-19-9/h2-3,5,10-17H,4,6-8H2,1H3/t10-,11+,12-,13-,14+/m0/s1. The van der Waals surface area contributed by atoms with Gasteiger partial charge in [0.05, 0.1) is 44.2 Å². The molecule has 0 radical (unpaired) electrons. The lowest BCUT2D eigenvalue weighted by molar-refractivity contribution is -0.153. The molecule has 3 N–H and O–H groups in total. The first-order valence-corrected chi connectivity index (χ1v) is 7.23. The first kappa shape index (κ1) is 15.0. The second-order valence-electron chi connectivity index (χ2n) is 5.33. The van der Waals surface area contributed by atoms with Crippen molar-refractivity contribution >= 4 is 0 Å². The van der Waals surface area contributed by atoms with Crippen LogP contribution in [0, 0.1) is 0 Å². The summed E-state index contributed by atoms with van der Waals surface area (Å²) in [4.78, 5) is 0. The maximum Gasteiger partial charge on any atom is 0.176 e. The molecule has 1 aromatic heterocycles. The summed E-state index contributed by atoms with van der Waals surface area (Å²) in [5, 5.41) is 17.1. The predicted molar refractivity (Wildman–Crippen MR) is 73.6 cm³/mol. The molecule has 2 bridgehead atoms. The van der Waals surface area contributed by atoms with Crippen LogP contribution in [-0.2, 0) is 20.8 Å². The highest BCUT2D eigenvalue weighted by Gasteiger charge is 2.49. The van der Waals surface area contributed by atoms with Gasteiger partial charge in [-0.2, -0.15) is 0 Å². The van der Waals surface area contributed by atoms with Gasteiger partial charge >= 0.3 is 0 Å². The SMILES string of the molecule is COCCN[C@@H]1[C@@H]2OC[C@H](O2)[C@@H](NCc2ccco2)[C@@H]1O. The van der Waals surface area contributed by atoms with E-state index in [0.29, 0.717) is 26.3 Å². The van der Waals surface area contributed by atoms with E-state index in [4.69, 9.17) is 18.6 Å². The number of furan rings is 1. The van der Waals surface area contributed by atoms with Gasteiger partial charge in [-0.3, -0.25) is 0 Å². The summed E-state index contributed by atoms with van der Waals surface area (Å²) in [7, 11) is 1.64. The third kappa shape index (κ3) is 3.28. The van der Waals surface area contributed by atoms with E-state index in [9.17, 15) is 5.11 Å². The van der Waals surface area contributed by atoms with Crippen LogP contribution in [0.15, 0.2) is 22.8 Å². The van der Waals surface area contributed by atoms with E-state index >= 15 is 0 Å². The Morgan fingerprint density at radius 2 is 2.29 bits per heavy atom. The van der Waals surface area contributed by atoms with Crippen molar-refractivity contribution < 1.29 is 23.7 Å². The average Bonchev–Trinajstić information content (AvgIpc) is 3.13. The monoisotopic (exact) mass is 298 g/mol. The molecule has 7 nitrogen and oxygen atoms in total. The summed E-state index contributed by atoms with van der Waals surface area (Å²) in [6, 6.07) is 3.27. The zero-order valence-corrected chi connectivity index (χ0v) is 12.0. The second-order valence-corrected chi connectivity index (χ2v) is 5.33. The largest absolute Gasteiger partial charge is 0.468 e. The van der Waals surface area contributed by atoms with Crippen LogP contribution in [0.5, 0.6) is 0 Å². The second kappa shape index (κ2) is 6.87. The zero-order valence-electron chi connectivity index (χ0n) is 12.0. The third-order valence-corrected chi connectivity index (χ3v) is 3.94. The van der Waals surface area contributed by atoms with E-state index in [1.807, 2.05) is 12.1 Å². The van der Waals surface area contributed by atoms with Crippen LogP contribution in [0.1, 0.15) is 5.76 Å². The van der Waals surface area contributed by atoms with Crippen molar-refractivity contribution in [2.75, 3.05) is 26.9 Å². The number of hydrogen-bond acceptors (Lipinski definition) is 7. The van der Waals surface area contributed by atoms with Gasteiger partial charge in [0.25, 0.3) is 0 Å². The number of hydrogen-bond donors (Lipinski definition) is 3. The molecular formula is C14H22N2O5. The fraction of sp³-hybridized carbons (Fsp3) is 0.714. The maximum absolute atomic E-state index is 10.6. The highest BCUT2D eigenvalue weighted by Crippen LogP contribution is 2.28. The van der Waals surface area contributed by atoms with Gasteiger partial charge in [-0.15, -0.1) is 0 Å². The van der Waals surface area contributed by atoms with E-state index in [2.05, 4.69) is 10.6 Å². The third-order valence-electron chi connectivity index (χ3n) is 3.94. The number of rotatable bonds is 7. The molecule has 2 aliphatic heterocycles. The maximum atomic E-state index is 10.6. The van der Waals surface area contributed by atoms with Crippen LogP contribution in [0.25, 0.3) is 0 Å². The summed E-state index contributed by atoms with van der Waals surface area (Å²) < 4.78 is 21.7. The van der Waals surface area contributed by atoms with Crippen molar-refractivity contribution in [2.24, 2.45) is 0 Å². The van der Waals surface area contributed by atoms with Gasteiger partial charge in [0.2, 0.25) is 0 Å². The highest BCUT2D eigenvalue weighted by molar-refractivity contribution is 5.03. The Morgan fingerprint density at radius 3 is 3.05 bits per heavy atom. The Morgan fingerprint density at radius 1 is 1.38 bits per heavy atom. The minimum Gasteiger partial charge on any atom is -0.468 e. The van der Waals surface area contributed by atoms with Crippen LogP contribution in [0.4, 0.5) is 0 Å². The molecule has 0 saturated carbocycles. The summed E-state index contributed by atoms with van der Waals surface area (Å²) >= 11 is 0. The van der Waals surface area contributed by atoms with Crippen LogP contribution >= 0.6 is 0 Å². The predicted octanol–water partition coefficient (Wildman–Crippen LogP) is -0.542. The number of aliphatic hydroxyl groups is 1. The van der Waals surface area contributed by atoms with Gasteiger partial charge in [0, 0.05) is 13.7 Å². The molecule has 0 aliphatic carbocycles. The van der Waals surface area contributed by atoms with Crippen LogP contribution in [0.3, 0.4) is 0 Å². The van der Waals surface area contributed by atoms with Crippen LogP contribution < -0.4 is 10.6 Å². The first-order chi connectivity index (χ1) is 10.3. The van der Waals surface area contributed by atoms with Crippen LogP contribution in [0.2, 0.25) is 0 Å². The Hall–Kier alpha value is -0.960. The van der Waals surface area contributed by atoms with Crippen molar-refractivity contribution in [3.8, 4) is 0 Å². The lowest BCUT2D eigenvalue weighted by Crippen LogP contribution is -2.63. The molecule has 2 aliphatic rings. The molecular weight excluding hydrogens is 276 g/mol. The molecule has 0 amide bonds. The molecule has 2 fully saturated rings. The van der Waals surface area contributed by atoms with Crippen molar-refractivity contribution in [1.29, 1.82) is 0 Å². The van der Waals surface area contributed by atoms with Gasteiger partial charge in [0.15, 0.2) is 6.29 Å². The number of methoxy groups -OCH3 is 1. The summed E-state index contributed by atoms with van der Waals surface area (Å²) in [6.07, 6.45) is 0.501. The quantitative estimate of drug-likeness (QED) is 0.583. The van der Waals surface area contributed by atoms with Gasteiger partial charge in [-0.05, 0) is 12.1 Å². The summed E-state index contributed by atoms with van der Waals surface area (Å²) in [5.41, 5.74) is 0. The fourth-order valence-corrected chi connectivity index (χ4v) is 2.85. The number of ether oxygens (including phenoxy) is 3.